The molecule has 1 aromatic heterocycles. The van der Waals surface area contributed by atoms with E-state index in [1.165, 1.54) is 0 Å². The number of hydrogen-bond donors (Lipinski definition) is 4. The highest BCUT2D eigenvalue weighted by Crippen LogP contribution is 2.18. The monoisotopic (exact) mass is 476 g/mol. The van der Waals surface area contributed by atoms with E-state index in [1.807, 2.05) is 24.3 Å². The Morgan fingerprint density at radius 2 is 1.32 bits per heavy atom. The molecule has 0 spiro atoms. The molecule has 0 saturated heterocycles. The molecule has 10 nitrogen and oxygen atoms in total. The van der Waals surface area contributed by atoms with Crippen molar-refractivity contribution >= 4 is 11.9 Å². The van der Waals surface area contributed by atoms with Gasteiger partial charge in [0.25, 0.3) is 0 Å². The first-order valence-electron chi connectivity index (χ1n) is 10.5. The maximum Gasteiger partial charge on any atom is 0.328 e. The van der Waals surface area contributed by atoms with Crippen LogP contribution in [-0.4, -0.2) is 70.3 Å². The number of aliphatic carboxylic acids is 2. The molecule has 0 fully saturated rings. The number of nitrogens with one attached hydrogen (secondary N) is 1. The second-order valence-corrected chi connectivity index (χ2v) is 7.96. The van der Waals surface area contributed by atoms with Gasteiger partial charge in [-0.25, -0.2) is 9.59 Å². The molecule has 1 aromatic carbocycles. The van der Waals surface area contributed by atoms with E-state index in [-0.39, 0.29) is 12.1 Å². The van der Waals surface area contributed by atoms with Gasteiger partial charge in [-0.05, 0) is 57.2 Å². The number of pyridine rings is 1. The maximum atomic E-state index is 9.94. The number of carbonyl (C=O) groups is 2. The Balaban J connectivity index is 0.000000620. The van der Waals surface area contributed by atoms with Crippen LogP contribution in [-0.2, 0) is 9.59 Å². The van der Waals surface area contributed by atoms with Gasteiger partial charge in [0, 0.05) is 36.6 Å². The lowest BCUT2D eigenvalue weighted by molar-refractivity contribution is -0.134. The zero-order valence-electron chi connectivity index (χ0n) is 19.5. The Labute approximate surface area is 198 Å². The highest BCUT2D eigenvalue weighted by Gasteiger charge is 2.12. The average Bonchev–Trinajstić information content (AvgIpc) is 2.79. The first-order valence-corrected chi connectivity index (χ1v) is 10.5. The Bertz CT molecular complexity index is 864. The minimum Gasteiger partial charge on any atom is -0.491 e. The molecule has 4 N–H and O–H groups in total. The molecule has 0 bridgehead atoms. The number of nitrogens with zero attached hydrogens (tertiary/aromatic N) is 1. The van der Waals surface area contributed by atoms with Crippen molar-refractivity contribution in [2.45, 2.75) is 32.4 Å². The molecule has 1 heterocycles. The lowest BCUT2D eigenvalue weighted by atomic mass is 10.1. The molecule has 0 aliphatic heterocycles. The molecule has 0 aliphatic rings. The summed E-state index contributed by atoms with van der Waals surface area (Å²) in [6.07, 6.45) is 3.93. The summed E-state index contributed by atoms with van der Waals surface area (Å²) in [5, 5.41) is 28.8. The largest absolute Gasteiger partial charge is 0.491 e. The van der Waals surface area contributed by atoms with Crippen molar-refractivity contribution in [3.8, 4) is 17.2 Å². The predicted octanol–water partition coefficient (Wildman–Crippen LogP) is 2.38. The molecular formula is C24H32N2O8. The van der Waals surface area contributed by atoms with Gasteiger partial charge in [-0.3, -0.25) is 4.98 Å². The average molecular weight is 477 g/mol. The van der Waals surface area contributed by atoms with Crippen LogP contribution < -0.4 is 19.5 Å². The van der Waals surface area contributed by atoms with E-state index in [0.29, 0.717) is 37.7 Å². The van der Waals surface area contributed by atoms with Crippen LogP contribution in [0, 0.1) is 0 Å². The molecule has 10 heteroatoms. The molecule has 2 aromatic rings. The smallest absolute Gasteiger partial charge is 0.328 e. The number of carboxylic acids is 2. The zero-order valence-corrected chi connectivity index (χ0v) is 19.5. The van der Waals surface area contributed by atoms with E-state index in [9.17, 15) is 14.7 Å². The Hall–Kier alpha value is -3.63. The first-order chi connectivity index (χ1) is 16.0. The van der Waals surface area contributed by atoms with Gasteiger partial charge >= 0.3 is 11.9 Å². The quantitative estimate of drug-likeness (QED) is 0.266. The fraction of sp³-hybridized carbons (Fsp3) is 0.375. The molecule has 0 amide bonds. The van der Waals surface area contributed by atoms with Gasteiger partial charge in [-0.2, -0.15) is 0 Å². The predicted molar refractivity (Wildman–Crippen MR) is 125 cm³/mol. The van der Waals surface area contributed by atoms with E-state index < -0.39 is 18.0 Å². The second kappa shape index (κ2) is 15.3. The van der Waals surface area contributed by atoms with Crippen LogP contribution in [0.25, 0.3) is 0 Å². The van der Waals surface area contributed by atoms with Crippen LogP contribution in [0.3, 0.4) is 0 Å². The lowest BCUT2D eigenvalue weighted by Gasteiger charge is -2.23. The van der Waals surface area contributed by atoms with Gasteiger partial charge in [0.05, 0.1) is 0 Å². The fourth-order valence-electron chi connectivity index (χ4n) is 2.20. The molecule has 186 valence electrons. The second-order valence-electron chi connectivity index (χ2n) is 7.96. The van der Waals surface area contributed by atoms with E-state index in [2.05, 4.69) is 31.1 Å². The fourth-order valence-corrected chi connectivity index (χ4v) is 2.20. The third-order valence-electron chi connectivity index (χ3n) is 3.77. The molecule has 1 atom stereocenters. The van der Waals surface area contributed by atoms with Gasteiger partial charge in [-0.15, -0.1) is 0 Å². The summed E-state index contributed by atoms with van der Waals surface area (Å²) < 4.78 is 16.8. The van der Waals surface area contributed by atoms with Gasteiger partial charge in [-0.1, -0.05) is 0 Å². The summed E-state index contributed by atoms with van der Waals surface area (Å²) in [7, 11) is 0. The third-order valence-corrected chi connectivity index (χ3v) is 3.77. The molecule has 0 saturated carbocycles. The minimum atomic E-state index is -1.26. The SMILES string of the molecule is CC(C)(C)NCC(O)COc1ccc(OCCOc2ccncc2)cc1.O=C(O)/C=C\C(=O)O. The van der Waals surface area contributed by atoms with Crippen molar-refractivity contribution in [1.82, 2.24) is 10.3 Å². The first kappa shape index (κ1) is 28.4. The molecule has 0 radical (unpaired) electrons. The summed E-state index contributed by atoms with van der Waals surface area (Å²) >= 11 is 0. The van der Waals surface area contributed by atoms with Crippen molar-refractivity contribution in [3.05, 3.63) is 60.9 Å². The highest BCUT2D eigenvalue weighted by atomic mass is 16.5. The molecule has 1 unspecified atom stereocenters. The topological polar surface area (TPSA) is 147 Å². The number of aliphatic hydroxyl groups excluding tert-OH is 1. The number of aliphatic hydroxyl groups is 1. The molecule has 34 heavy (non-hydrogen) atoms. The van der Waals surface area contributed by atoms with Crippen LogP contribution >= 0.6 is 0 Å². The van der Waals surface area contributed by atoms with Crippen molar-refractivity contribution < 1.29 is 39.1 Å². The number of carboxylic acid groups (broad SMARTS) is 2. The highest BCUT2D eigenvalue weighted by molar-refractivity contribution is 5.89. The van der Waals surface area contributed by atoms with Gasteiger partial charge in [0.1, 0.15) is 43.2 Å². The van der Waals surface area contributed by atoms with E-state index in [1.54, 1.807) is 24.5 Å². The normalized spacial score (nSPS) is 11.8. The Kier molecular flexibility index (Phi) is 12.7. The zero-order chi connectivity index (χ0) is 25.4. The van der Waals surface area contributed by atoms with Crippen molar-refractivity contribution in [2.75, 3.05) is 26.4 Å². The number of ether oxygens (including phenoxy) is 3. The summed E-state index contributed by atoms with van der Waals surface area (Å²) in [4.78, 5) is 23.0. The molecular weight excluding hydrogens is 444 g/mol. The maximum absolute atomic E-state index is 9.94. The molecule has 2 rings (SSSR count). The summed E-state index contributed by atoms with van der Waals surface area (Å²) in [5.41, 5.74) is -0.0267. The lowest BCUT2D eigenvalue weighted by Crippen LogP contribution is -2.42. The minimum absolute atomic E-state index is 0.0267. The Morgan fingerprint density at radius 3 is 1.76 bits per heavy atom. The van der Waals surface area contributed by atoms with Crippen LogP contribution in [0.5, 0.6) is 17.2 Å². The number of rotatable bonds is 12. The van der Waals surface area contributed by atoms with Crippen molar-refractivity contribution in [1.29, 1.82) is 0 Å². The molecule has 0 aliphatic carbocycles. The van der Waals surface area contributed by atoms with Crippen LogP contribution in [0.1, 0.15) is 20.8 Å². The van der Waals surface area contributed by atoms with Gasteiger partial charge < -0.3 is 34.8 Å². The van der Waals surface area contributed by atoms with E-state index in [4.69, 9.17) is 24.4 Å². The number of β-amino-alcohol motifs (C(OH)–C–C–N with tert-alkyl or cyclic N) is 1. The summed E-state index contributed by atoms with van der Waals surface area (Å²) in [6, 6.07) is 10.9. The van der Waals surface area contributed by atoms with E-state index >= 15 is 0 Å². The van der Waals surface area contributed by atoms with Gasteiger partial charge in [0.2, 0.25) is 0 Å². The van der Waals surface area contributed by atoms with Crippen molar-refractivity contribution in [3.63, 3.8) is 0 Å². The Morgan fingerprint density at radius 1 is 0.882 bits per heavy atom. The van der Waals surface area contributed by atoms with Crippen molar-refractivity contribution in [2.24, 2.45) is 0 Å². The van der Waals surface area contributed by atoms with Crippen LogP contribution in [0.15, 0.2) is 60.9 Å². The van der Waals surface area contributed by atoms with Crippen LogP contribution in [0.2, 0.25) is 0 Å². The standard InChI is InChI=1S/C20H28N2O4.C4H4O4/c1-20(2,3)22-14-16(23)15-26-18-6-4-17(5-7-18)24-12-13-25-19-8-10-21-11-9-19;5-3(6)1-2-4(7)8/h4-11,16,22-23H,12-15H2,1-3H3;1-2H,(H,5,6)(H,7,8)/b;2-1-. The van der Waals surface area contributed by atoms with Crippen LogP contribution in [0.4, 0.5) is 0 Å². The number of benzene rings is 1. The van der Waals surface area contributed by atoms with Gasteiger partial charge in [0.15, 0.2) is 0 Å². The number of hydrogen-bond acceptors (Lipinski definition) is 8. The third kappa shape index (κ3) is 15.2. The summed E-state index contributed by atoms with van der Waals surface area (Å²) in [6.45, 7) is 7.80. The number of aromatic nitrogens is 1. The summed E-state index contributed by atoms with van der Waals surface area (Å²) in [5.74, 6) is -0.308. The van der Waals surface area contributed by atoms with E-state index in [0.717, 1.165) is 11.5 Å².